The van der Waals surface area contributed by atoms with Crippen LogP contribution in [0, 0.1) is 0 Å². The average Bonchev–Trinajstić information content (AvgIpc) is 3.09. The van der Waals surface area contributed by atoms with E-state index in [1.165, 1.54) is 0 Å². The fourth-order valence-electron chi connectivity index (χ4n) is 2.43. The van der Waals surface area contributed by atoms with E-state index in [-0.39, 0.29) is 11.8 Å². The molecule has 4 heteroatoms. The molecule has 0 aliphatic rings. The second-order valence-electron chi connectivity index (χ2n) is 5.09. The standard InChI is InChI=1S/C18H15ClN2O/c19-16-8-6-14(7-9-16)12-17(21-11-10-20-13-21)18(22)15-4-2-1-3-5-15/h1-11,13,17H,12H2. The predicted molar refractivity (Wildman–Crippen MR) is 87.2 cm³/mol. The molecule has 3 aromatic rings. The van der Waals surface area contributed by atoms with Gasteiger partial charge in [0, 0.05) is 29.4 Å². The molecule has 1 unspecified atom stereocenters. The van der Waals surface area contributed by atoms with Crippen LogP contribution < -0.4 is 0 Å². The summed E-state index contributed by atoms with van der Waals surface area (Å²) in [6.07, 6.45) is 5.79. The second kappa shape index (κ2) is 6.58. The van der Waals surface area contributed by atoms with Gasteiger partial charge < -0.3 is 4.57 Å². The molecule has 1 atom stereocenters. The first-order valence-corrected chi connectivity index (χ1v) is 7.43. The van der Waals surface area contributed by atoms with Crippen LogP contribution in [0.15, 0.2) is 73.3 Å². The van der Waals surface area contributed by atoms with Gasteiger partial charge in [-0.05, 0) is 17.7 Å². The largest absolute Gasteiger partial charge is 0.326 e. The zero-order chi connectivity index (χ0) is 15.4. The van der Waals surface area contributed by atoms with Crippen molar-refractivity contribution < 1.29 is 4.79 Å². The van der Waals surface area contributed by atoms with E-state index in [1.807, 2.05) is 65.4 Å². The Morgan fingerprint density at radius 3 is 2.45 bits per heavy atom. The first-order valence-electron chi connectivity index (χ1n) is 7.05. The lowest BCUT2D eigenvalue weighted by Gasteiger charge is -2.17. The van der Waals surface area contributed by atoms with Crippen LogP contribution >= 0.6 is 11.6 Å². The third-order valence-corrected chi connectivity index (χ3v) is 3.84. The molecule has 0 bridgehead atoms. The Morgan fingerprint density at radius 1 is 1.09 bits per heavy atom. The Labute approximate surface area is 134 Å². The van der Waals surface area contributed by atoms with Crippen molar-refractivity contribution in [3.63, 3.8) is 0 Å². The van der Waals surface area contributed by atoms with Gasteiger partial charge in [-0.2, -0.15) is 0 Å². The molecule has 0 radical (unpaired) electrons. The summed E-state index contributed by atoms with van der Waals surface area (Å²) >= 11 is 5.92. The van der Waals surface area contributed by atoms with E-state index in [2.05, 4.69) is 4.98 Å². The van der Waals surface area contributed by atoms with Crippen LogP contribution in [-0.2, 0) is 6.42 Å². The number of aromatic nitrogens is 2. The van der Waals surface area contributed by atoms with Crippen molar-refractivity contribution in [3.05, 3.63) is 89.5 Å². The van der Waals surface area contributed by atoms with E-state index in [1.54, 1.807) is 12.5 Å². The molecular formula is C18H15ClN2O. The van der Waals surface area contributed by atoms with Crippen molar-refractivity contribution in [2.45, 2.75) is 12.5 Å². The molecule has 1 aromatic heterocycles. The number of carbonyl (C=O) groups is 1. The molecule has 3 rings (SSSR count). The maximum Gasteiger partial charge on any atom is 0.185 e. The Balaban J connectivity index is 1.91. The Kier molecular flexibility index (Phi) is 4.35. The highest BCUT2D eigenvalue weighted by Gasteiger charge is 2.21. The molecule has 0 fully saturated rings. The van der Waals surface area contributed by atoms with Crippen LogP contribution in [-0.4, -0.2) is 15.3 Å². The lowest BCUT2D eigenvalue weighted by Crippen LogP contribution is -2.21. The summed E-state index contributed by atoms with van der Waals surface area (Å²) in [5.74, 6) is 0.0774. The number of imidazole rings is 1. The highest BCUT2D eigenvalue weighted by atomic mass is 35.5. The zero-order valence-corrected chi connectivity index (χ0v) is 12.6. The van der Waals surface area contributed by atoms with Gasteiger partial charge in [-0.25, -0.2) is 4.98 Å². The van der Waals surface area contributed by atoms with Crippen LogP contribution in [0.4, 0.5) is 0 Å². The summed E-state index contributed by atoms with van der Waals surface area (Å²) in [5, 5.41) is 0.692. The molecule has 0 saturated heterocycles. The lowest BCUT2D eigenvalue weighted by molar-refractivity contribution is 0.0924. The normalized spacial score (nSPS) is 12.0. The summed E-state index contributed by atoms with van der Waals surface area (Å²) < 4.78 is 1.85. The summed E-state index contributed by atoms with van der Waals surface area (Å²) in [6, 6.07) is 16.6. The fraction of sp³-hybridized carbons (Fsp3) is 0.111. The fourth-order valence-corrected chi connectivity index (χ4v) is 2.55. The van der Waals surface area contributed by atoms with E-state index in [0.717, 1.165) is 5.56 Å². The topological polar surface area (TPSA) is 34.9 Å². The van der Waals surface area contributed by atoms with Gasteiger partial charge in [0.2, 0.25) is 0 Å². The molecule has 3 nitrogen and oxygen atoms in total. The van der Waals surface area contributed by atoms with Crippen molar-refractivity contribution in [3.8, 4) is 0 Å². The minimum atomic E-state index is -0.314. The Hall–Kier alpha value is -2.39. The first-order chi connectivity index (χ1) is 10.7. The molecule has 22 heavy (non-hydrogen) atoms. The summed E-state index contributed by atoms with van der Waals surface area (Å²) in [7, 11) is 0. The van der Waals surface area contributed by atoms with Gasteiger partial charge in [-0.15, -0.1) is 0 Å². The molecule has 0 saturated carbocycles. The van der Waals surface area contributed by atoms with E-state index in [4.69, 9.17) is 11.6 Å². The van der Waals surface area contributed by atoms with Crippen LogP contribution in [0.1, 0.15) is 22.0 Å². The predicted octanol–water partition coefficient (Wildman–Crippen LogP) is 4.20. The number of Topliss-reactive ketones (excluding diaryl/α,β-unsaturated/α-hetero) is 1. The van der Waals surface area contributed by atoms with Crippen LogP contribution in [0.3, 0.4) is 0 Å². The molecule has 0 amide bonds. The van der Waals surface area contributed by atoms with Gasteiger partial charge in [0.05, 0.1) is 6.33 Å². The van der Waals surface area contributed by atoms with Crippen LogP contribution in [0.2, 0.25) is 5.02 Å². The number of rotatable bonds is 5. The second-order valence-corrected chi connectivity index (χ2v) is 5.52. The quantitative estimate of drug-likeness (QED) is 0.662. The van der Waals surface area contributed by atoms with Gasteiger partial charge in [0.1, 0.15) is 6.04 Å². The number of ketones is 1. The minimum absolute atomic E-state index is 0.0774. The molecule has 2 aromatic carbocycles. The van der Waals surface area contributed by atoms with Crippen molar-refractivity contribution >= 4 is 17.4 Å². The third-order valence-electron chi connectivity index (χ3n) is 3.59. The first kappa shape index (κ1) is 14.5. The highest BCUT2D eigenvalue weighted by Crippen LogP contribution is 2.21. The maximum absolute atomic E-state index is 12.8. The average molecular weight is 311 g/mol. The maximum atomic E-state index is 12.8. The smallest absolute Gasteiger partial charge is 0.185 e. The van der Waals surface area contributed by atoms with Crippen LogP contribution in [0.25, 0.3) is 0 Å². The number of hydrogen-bond acceptors (Lipinski definition) is 2. The summed E-state index contributed by atoms with van der Waals surface area (Å²) in [6.45, 7) is 0. The lowest BCUT2D eigenvalue weighted by atomic mass is 9.97. The molecular weight excluding hydrogens is 296 g/mol. The van der Waals surface area contributed by atoms with E-state index in [0.29, 0.717) is 17.0 Å². The molecule has 110 valence electrons. The van der Waals surface area contributed by atoms with Gasteiger partial charge in [-0.1, -0.05) is 54.1 Å². The number of carbonyl (C=O) groups excluding carboxylic acids is 1. The number of hydrogen-bond donors (Lipinski definition) is 0. The highest BCUT2D eigenvalue weighted by molar-refractivity contribution is 6.30. The van der Waals surface area contributed by atoms with E-state index >= 15 is 0 Å². The van der Waals surface area contributed by atoms with Crippen LogP contribution in [0.5, 0.6) is 0 Å². The van der Waals surface area contributed by atoms with E-state index in [9.17, 15) is 4.79 Å². The molecule has 0 N–H and O–H groups in total. The van der Waals surface area contributed by atoms with Gasteiger partial charge in [0.25, 0.3) is 0 Å². The SMILES string of the molecule is O=C(c1ccccc1)C(Cc1ccc(Cl)cc1)n1ccnc1. The van der Waals surface area contributed by atoms with Gasteiger partial charge >= 0.3 is 0 Å². The van der Waals surface area contributed by atoms with Gasteiger partial charge in [-0.3, -0.25) is 4.79 Å². The Bertz CT molecular complexity index is 737. The number of halogens is 1. The molecule has 0 aliphatic carbocycles. The van der Waals surface area contributed by atoms with Crippen molar-refractivity contribution in [2.75, 3.05) is 0 Å². The minimum Gasteiger partial charge on any atom is -0.326 e. The number of nitrogens with zero attached hydrogens (tertiary/aromatic N) is 2. The monoisotopic (exact) mass is 310 g/mol. The van der Waals surface area contributed by atoms with Crippen molar-refractivity contribution in [1.82, 2.24) is 9.55 Å². The molecule has 1 heterocycles. The summed E-state index contributed by atoms with van der Waals surface area (Å²) in [4.78, 5) is 16.9. The molecule has 0 aliphatic heterocycles. The Morgan fingerprint density at radius 2 is 1.82 bits per heavy atom. The summed E-state index contributed by atoms with van der Waals surface area (Å²) in [5.41, 5.74) is 1.77. The van der Waals surface area contributed by atoms with Gasteiger partial charge in [0.15, 0.2) is 5.78 Å². The zero-order valence-electron chi connectivity index (χ0n) is 11.9. The van der Waals surface area contributed by atoms with E-state index < -0.39 is 0 Å². The molecule has 0 spiro atoms. The van der Waals surface area contributed by atoms with Crippen molar-refractivity contribution in [2.24, 2.45) is 0 Å². The number of benzene rings is 2. The van der Waals surface area contributed by atoms with Crippen molar-refractivity contribution in [1.29, 1.82) is 0 Å². The third kappa shape index (κ3) is 3.26.